The van der Waals surface area contributed by atoms with Gasteiger partial charge in [0.25, 0.3) is 5.91 Å². The van der Waals surface area contributed by atoms with Crippen LogP contribution in [0.5, 0.6) is 5.75 Å². The van der Waals surface area contributed by atoms with E-state index >= 15 is 0 Å². The maximum atomic E-state index is 13.9. The first-order chi connectivity index (χ1) is 16.6. The molecule has 7 nitrogen and oxygen atoms in total. The van der Waals surface area contributed by atoms with E-state index in [1.807, 2.05) is 75.9 Å². The summed E-state index contributed by atoms with van der Waals surface area (Å²) >= 11 is 0. The molecular formula is C28H40N2O5. The zero-order valence-corrected chi connectivity index (χ0v) is 22.0. The van der Waals surface area contributed by atoms with Gasteiger partial charge in [-0.3, -0.25) is 4.79 Å². The molecule has 1 aliphatic rings. The molecule has 0 unspecified atom stereocenters. The summed E-state index contributed by atoms with van der Waals surface area (Å²) in [7, 11) is 1.67. The van der Waals surface area contributed by atoms with Gasteiger partial charge in [0.15, 0.2) is 0 Å². The van der Waals surface area contributed by atoms with Crippen molar-refractivity contribution in [1.29, 1.82) is 0 Å². The lowest BCUT2D eigenvalue weighted by Gasteiger charge is -2.41. The lowest BCUT2D eigenvalue weighted by atomic mass is 9.99. The molecule has 1 fully saturated rings. The fraction of sp³-hybridized carbons (Fsp3) is 0.571. The van der Waals surface area contributed by atoms with Crippen LogP contribution < -0.4 is 4.74 Å². The molecule has 3 rings (SSSR count). The highest BCUT2D eigenvalue weighted by atomic mass is 16.6. The Balaban J connectivity index is 1.85. The van der Waals surface area contributed by atoms with E-state index in [9.17, 15) is 9.59 Å². The quantitative estimate of drug-likeness (QED) is 0.463. The molecule has 35 heavy (non-hydrogen) atoms. The van der Waals surface area contributed by atoms with Crippen LogP contribution in [0.4, 0.5) is 4.79 Å². The number of carbonyl (C=O) groups is 2. The van der Waals surface area contributed by atoms with Gasteiger partial charge in [0.1, 0.15) is 11.4 Å². The number of likely N-dealkylation sites (tertiary alicyclic amines) is 1. The second-order valence-corrected chi connectivity index (χ2v) is 10.4. The molecule has 0 spiro atoms. The largest absolute Gasteiger partial charge is 0.493 e. The number of carbonyl (C=O) groups excluding carboxylic acids is 2. The van der Waals surface area contributed by atoms with E-state index in [0.717, 1.165) is 30.0 Å². The molecule has 1 aliphatic heterocycles. The van der Waals surface area contributed by atoms with Crippen LogP contribution in [0.15, 0.2) is 36.4 Å². The fourth-order valence-corrected chi connectivity index (χ4v) is 4.55. The van der Waals surface area contributed by atoms with Crippen molar-refractivity contribution in [2.24, 2.45) is 0 Å². The van der Waals surface area contributed by atoms with Crippen molar-refractivity contribution in [1.82, 2.24) is 9.80 Å². The van der Waals surface area contributed by atoms with Crippen LogP contribution in [0.2, 0.25) is 0 Å². The summed E-state index contributed by atoms with van der Waals surface area (Å²) in [6, 6.07) is 11.6. The summed E-state index contributed by atoms with van der Waals surface area (Å²) in [5.41, 5.74) is 0.0380. The Bertz CT molecular complexity index is 1010. The topological polar surface area (TPSA) is 68.3 Å². The summed E-state index contributed by atoms with van der Waals surface area (Å²) < 4.78 is 16.8. The lowest BCUT2D eigenvalue weighted by molar-refractivity contribution is 0.00752. The number of nitrogens with zero attached hydrogens (tertiary/aromatic N) is 2. The molecule has 1 heterocycles. The standard InChI is InChI=1S/C28H40N2O5/c1-20(2)30(23-12-9-14-29(19-23)27(32)35-28(3,4)5)26(31)22-17-21-11-7-8-13-24(21)25(18-22)34-16-10-15-33-6/h7-8,11,13,17-18,20,23H,9-10,12,14-16,19H2,1-6H3/t23-/m1/s1. The van der Waals surface area contributed by atoms with Gasteiger partial charge < -0.3 is 24.0 Å². The minimum Gasteiger partial charge on any atom is -0.493 e. The SMILES string of the molecule is COCCCOc1cc(C(=O)N(C(C)C)[C@@H]2CCCN(C(=O)OC(C)(C)C)C2)cc2ccccc12. The summed E-state index contributed by atoms with van der Waals surface area (Å²) in [5.74, 6) is 0.647. The van der Waals surface area contributed by atoms with Crippen molar-refractivity contribution in [2.45, 2.75) is 71.6 Å². The van der Waals surface area contributed by atoms with Crippen LogP contribution in [0.3, 0.4) is 0 Å². The van der Waals surface area contributed by atoms with Gasteiger partial charge in [-0.1, -0.05) is 24.3 Å². The molecule has 0 N–H and O–H groups in total. The molecule has 1 atom stereocenters. The molecular weight excluding hydrogens is 444 g/mol. The summed E-state index contributed by atoms with van der Waals surface area (Å²) in [6.45, 7) is 11.9. The number of ether oxygens (including phenoxy) is 3. The zero-order chi connectivity index (χ0) is 25.6. The lowest BCUT2D eigenvalue weighted by Crippen LogP contribution is -2.54. The van der Waals surface area contributed by atoms with E-state index < -0.39 is 5.60 Å². The zero-order valence-electron chi connectivity index (χ0n) is 22.0. The van der Waals surface area contributed by atoms with Crippen molar-refractivity contribution in [3.05, 3.63) is 42.0 Å². The monoisotopic (exact) mass is 484 g/mol. The third-order valence-electron chi connectivity index (χ3n) is 6.05. The number of fused-ring (bicyclic) bond motifs is 1. The van der Waals surface area contributed by atoms with Gasteiger partial charge in [-0.2, -0.15) is 0 Å². The van der Waals surface area contributed by atoms with Gasteiger partial charge in [0.2, 0.25) is 0 Å². The molecule has 0 saturated carbocycles. The van der Waals surface area contributed by atoms with Crippen molar-refractivity contribution in [2.75, 3.05) is 33.4 Å². The molecule has 2 amide bonds. The van der Waals surface area contributed by atoms with Crippen LogP contribution >= 0.6 is 0 Å². The molecule has 0 aliphatic carbocycles. The van der Waals surface area contributed by atoms with Gasteiger partial charge in [-0.25, -0.2) is 4.79 Å². The Morgan fingerprint density at radius 1 is 1.14 bits per heavy atom. The second kappa shape index (κ2) is 11.8. The van der Waals surface area contributed by atoms with Gasteiger partial charge >= 0.3 is 6.09 Å². The number of hydrogen-bond acceptors (Lipinski definition) is 5. The molecule has 192 valence electrons. The highest BCUT2D eigenvalue weighted by molar-refractivity contribution is 6.01. The average Bonchev–Trinajstić information content (AvgIpc) is 2.80. The first kappa shape index (κ1) is 26.8. The normalized spacial score (nSPS) is 16.4. The molecule has 2 aromatic rings. The Labute approximate surface area is 209 Å². The smallest absolute Gasteiger partial charge is 0.410 e. The van der Waals surface area contributed by atoms with Crippen LogP contribution in [0, 0.1) is 0 Å². The number of methoxy groups -OCH3 is 1. The Morgan fingerprint density at radius 2 is 1.89 bits per heavy atom. The van der Waals surface area contributed by atoms with E-state index in [1.54, 1.807) is 12.0 Å². The van der Waals surface area contributed by atoms with Crippen molar-refractivity contribution < 1.29 is 23.8 Å². The average molecular weight is 485 g/mol. The van der Waals surface area contributed by atoms with Crippen molar-refractivity contribution in [3.63, 3.8) is 0 Å². The minimum atomic E-state index is -0.553. The summed E-state index contributed by atoms with van der Waals surface area (Å²) in [4.78, 5) is 30.2. The van der Waals surface area contributed by atoms with E-state index in [2.05, 4.69) is 0 Å². The van der Waals surface area contributed by atoms with Crippen molar-refractivity contribution in [3.8, 4) is 5.75 Å². The maximum absolute atomic E-state index is 13.9. The Morgan fingerprint density at radius 3 is 2.57 bits per heavy atom. The minimum absolute atomic E-state index is 0.0244. The number of amides is 2. The van der Waals surface area contributed by atoms with Gasteiger partial charge in [-0.15, -0.1) is 0 Å². The van der Waals surface area contributed by atoms with Crippen LogP contribution in [0.1, 0.15) is 64.2 Å². The molecule has 1 saturated heterocycles. The van der Waals surface area contributed by atoms with Crippen molar-refractivity contribution >= 4 is 22.8 Å². The van der Waals surface area contributed by atoms with Crippen LogP contribution in [-0.2, 0) is 9.47 Å². The highest BCUT2D eigenvalue weighted by Crippen LogP contribution is 2.30. The highest BCUT2D eigenvalue weighted by Gasteiger charge is 2.34. The van der Waals surface area contributed by atoms with Gasteiger partial charge in [0.05, 0.1) is 12.6 Å². The van der Waals surface area contributed by atoms with E-state index in [0.29, 0.717) is 37.6 Å². The molecule has 2 aromatic carbocycles. The summed E-state index contributed by atoms with van der Waals surface area (Å²) in [6.07, 6.45) is 2.11. The Kier molecular flexibility index (Phi) is 9.00. The Hall–Kier alpha value is -2.80. The number of rotatable bonds is 8. The molecule has 0 radical (unpaired) electrons. The van der Waals surface area contributed by atoms with E-state index in [1.165, 1.54) is 0 Å². The molecule has 0 aromatic heterocycles. The van der Waals surface area contributed by atoms with Crippen LogP contribution in [-0.4, -0.2) is 72.9 Å². The molecule has 7 heteroatoms. The number of hydrogen-bond donors (Lipinski definition) is 0. The number of piperidine rings is 1. The van der Waals surface area contributed by atoms with Crippen LogP contribution in [0.25, 0.3) is 10.8 Å². The predicted octanol–water partition coefficient (Wildman–Crippen LogP) is 5.51. The van der Waals surface area contributed by atoms with Gasteiger partial charge in [-0.05, 0) is 65.0 Å². The second-order valence-electron chi connectivity index (χ2n) is 10.4. The third-order valence-corrected chi connectivity index (χ3v) is 6.05. The van der Waals surface area contributed by atoms with Gasteiger partial charge in [0, 0.05) is 50.2 Å². The number of benzene rings is 2. The maximum Gasteiger partial charge on any atom is 0.410 e. The molecule has 0 bridgehead atoms. The fourth-order valence-electron chi connectivity index (χ4n) is 4.55. The van der Waals surface area contributed by atoms with E-state index in [4.69, 9.17) is 14.2 Å². The first-order valence-corrected chi connectivity index (χ1v) is 12.6. The van der Waals surface area contributed by atoms with E-state index in [-0.39, 0.29) is 24.1 Å². The third kappa shape index (κ3) is 7.10. The first-order valence-electron chi connectivity index (χ1n) is 12.6. The predicted molar refractivity (Wildman–Crippen MR) is 138 cm³/mol. The summed E-state index contributed by atoms with van der Waals surface area (Å²) in [5, 5.41) is 1.94.